The molecule has 1 aromatic rings. The molecular formula is C144H242. The van der Waals surface area contributed by atoms with E-state index in [1.165, 1.54) is 495 Å². The van der Waals surface area contributed by atoms with Crippen LogP contribution in [0.5, 0.6) is 0 Å². The van der Waals surface area contributed by atoms with E-state index in [0.717, 1.165) is 66.1 Å². The zero-order valence-electron chi connectivity index (χ0n) is 96.0. The van der Waals surface area contributed by atoms with Gasteiger partial charge in [0.15, 0.2) is 0 Å². The minimum absolute atomic E-state index is 0.856. The molecule has 0 saturated heterocycles. The first-order chi connectivity index (χ1) is 71.5. The van der Waals surface area contributed by atoms with Crippen LogP contribution in [0.4, 0.5) is 0 Å². The summed E-state index contributed by atoms with van der Waals surface area (Å²) >= 11 is 0. The quantitative estimate of drug-likeness (QED) is 0.179. The predicted octanol–water partition coefficient (Wildman–Crippen LogP) is 47.3. The van der Waals surface area contributed by atoms with Gasteiger partial charge in [0.1, 0.15) is 0 Å². The molecule has 0 nitrogen and oxygen atoms in total. The SMILES string of the molecule is C1=CC2CCC1C2.C1=CC2CCCC2=C1.C1=CC2CCCCC2C1.C1=CCC=CC1.C1=CCCC1.C1=CCCCC1.C1CC1.C1CC2CC(C1)C2.C1CC2CC12.C1CC2CC2C1.C1CC2CCC1C2.C1CC2CCC1CC2.C1CC2CCCC2C1.C1CCC1.C1CCC2CCCC2C1.C1CCC2CCCCC2C1.C1CCCC1.C1CCCCC1.C1CCCCCC1.C1CCCCCCC1.c1ccc2c(c1)CCCC2. The molecular weight excluding hydrogens is 1730 g/mol. The first kappa shape index (κ1) is 118. The molecule has 0 aromatic heterocycles. The van der Waals surface area contributed by atoms with Crippen LogP contribution in [0.1, 0.15) is 647 Å². The van der Waals surface area contributed by atoms with Crippen LogP contribution in [-0.2, 0) is 12.8 Å². The standard InChI is InChI=1S/C10H18.C10H12.C9H16.C9H14.C8H14.C8H10.C8H14.C8H16.C7H12.C7H10.C7H12.C7H14.C6H10.C6H12.C6H10.C6H8.C5H8.C5H10.C5H8.C4H8.C3H6/c2*1-2-6-10-8-4-3-7-9(10)5-1;2*1-2-5-9-7-3-6-8(9)4-1;2*1-3-7-5-2-6-8(7)4-1;1-2-8-5-3-7(1)4-6-8;1-2-4-6-8-7-5-3-1;2*1-2-7-4-3-6(1)5-7;1-2-6-4-7(3-1)5-6;1-2-4-6-7-5-3-1;1-2-5-4-6(5)3-1;3*1-2-4-6-5-3-1;1-2-5-3-4(1)5;2*1-2-4-5-3-1;1-2-4-3-1;1-2-3-1/h9-10H,1-8H2;1-2,5-6H,3-4,7-8H2;8-9H,1-7H2;3,6,8-9H,1-2,4-5,7H2;7-8H,1-6H2;1,3-4,7H,2,5-6H2;7-8H,1-6H2;1-8H2;6-7H,1-5H2;1-2,6-7H,3-5H2;6-7H,1-5H2;1-7H2;5-6H,1-4H2;1-6H2;1-2H,3-6H2;1-2,5-6H,3-4H2;4-5H,1-3H2;1-5H2;1-2H,3-5H2;1-4H2;1-3H2. The molecule has 34 aliphatic rings. The minimum Gasteiger partial charge on any atom is -0.0885 e. The molecule has 1 aromatic carbocycles. The lowest BCUT2D eigenvalue weighted by atomic mass is 9.65. The second kappa shape index (κ2) is 75.8. The van der Waals surface area contributed by atoms with Crippen LogP contribution in [0.15, 0.2) is 121 Å². The Bertz CT molecular complexity index is 3230. The van der Waals surface area contributed by atoms with Crippen LogP contribution >= 0.6 is 0 Å². The maximum absolute atomic E-state index is 2.43. The van der Waals surface area contributed by atoms with Crippen molar-refractivity contribution >= 4 is 0 Å². The van der Waals surface area contributed by atoms with Crippen molar-refractivity contribution < 1.29 is 0 Å². The zero-order chi connectivity index (χ0) is 98.7. The van der Waals surface area contributed by atoms with Gasteiger partial charge < -0.3 is 0 Å². The molecule has 8 bridgehead atoms. The maximum atomic E-state index is 2.43. The molecule has 0 aliphatic heterocycles. The van der Waals surface area contributed by atoms with Crippen LogP contribution in [0.2, 0.25) is 0 Å². The molecule has 818 valence electrons. The van der Waals surface area contributed by atoms with E-state index in [9.17, 15) is 0 Å². The van der Waals surface area contributed by atoms with Gasteiger partial charge in [-0.05, 0) is 322 Å². The Kier molecular flexibility index (Phi) is 62.2. The summed E-state index contributed by atoms with van der Waals surface area (Å²) in [5, 5.41) is 0. The number of aryl methyl sites for hydroxylation is 2. The van der Waals surface area contributed by atoms with E-state index in [1.54, 1.807) is 229 Å². The van der Waals surface area contributed by atoms with Gasteiger partial charge in [-0.1, -0.05) is 583 Å². The number of hydrogen-bond donors (Lipinski definition) is 0. The molecule has 35 rings (SSSR count). The molecule has 0 heterocycles. The molecule has 34 aliphatic carbocycles. The van der Waals surface area contributed by atoms with E-state index in [-0.39, 0.29) is 0 Å². The highest BCUT2D eigenvalue weighted by Gasteiger charge is 2.45. The number of allylic oxidation sites excluding steroid dienone is 16. The highest BCUT2D eigenvalue weighted by Crippen LogP contribution is 2.56. The van der Waals surface area contributed by atoms with Crippen molar-refractivity contribution in [3.05, 3.63) is 132 Å². The summed E-state index contributed by atoms with van der Waals surface area (Å²) in [7, 11) is 0. The Morgan fingerprint density at radius 3 is 0.694 bits per heavy atom. The van der Waals surface area contributed by atoms with E-state index in [1.807, 2.05) is 0 Å². The first-order valence-corrected chi connectivity index (χ1v) is 67.9. The van der Waals surface area contributed by atoms with E-state index in [0.29, 0.717) is 0 Å². The highest BCUT2D eigenvalue weighted by atomic mass is 14.5. The van der Waals surface area contributed by atoms with Crippen LogP contribution in [0.3, 0.4) is 0 Å². The molecule has 0 spiro atoms. The summed E-state index contributed by atoms with van der Waals surface area (Å²) in [5.74, 6) is 23.8. The molecule has 0 amide bonds. The summed E-state index contributed by atoms with van der Waals surface area (Å²) in [5.41, 5.74) is 4.83. The number of rotatable bonds is 0. The van der Waals surface area contributed by atoms with Gasteiger partial charge in [0.2, 0.25) is 0 Å². The molecule has 11 unspecified atom stereocenters. The van der Waals surface area contributed by atoms with E-state index < -0.39 is 0 Å². The third-order valence-electron chi connectivity index (χ3n) is 42.1. The van der Waals surface area contributed by atoms with Crippen LogP contribution in [-0.4, -0.2) is 0 Å². The molecule has 0 radical (unpaired) electrons. The molecule has 0 heteroatoms. The van der Waals surface area contributed by atoms with Crippen molar-refractivity contribution in [2.75, 3.05) is 0 Å². The zero-order valence-corrected chi connectivity index (χ0v) is 96.0. The van der Waals surface area contributed by atoms with Crippen molar-refractivity contribution in [2.45, 2.75) is 649 Å². The number of benzene rings is 1. The van der Waals surface area contributed by atoms with Gasteiger partial charge >= 0.3 is 0 Å². The topological polar surface area (TPSA) is 0 Å². The smallest absolute Gasteiger partial charge is 0.00169 e. The van der Waals surface area contributed by atoms with Crippen molar-refractivity contribution in [1.29, 1.82) is 0 Å². The molecule has 0 N–H and O–H groups in total. The molecule has 27 fully saturated rings. The van der Waals surface area contributed by atoms with E-state index >= 15 is 0 Å². The van der Waals surface area contributed by atoms with Crippen molar-refractivity contribution in [2.24, 2.45) is 124 Å². The Balaban J connectivity index is 0.000000127. The molecule has 27 saturated carbocycles. The van der Waals surface area contributed by atoms with Gasteiger partial charge in [-0.25, -0.2) is 0 Å². The number of hydrogen-bond acceptors (Lipinski definition) is 0. The van der Waals surface area contributed by atoms with E-state index in [4.69, 9.17) is 0 Å². The summed E-state index contributed by atoms with van der Waals surface area (Å²) in [6.45, 7) is 0. The van der Waals surface area contributed by atoms with Gasteiger partial charge in [-0.2, -0.15) is 0 Å². The van der Waals surface area contributed by atoms with Gasteiger partial charge in [0.05, 0.1) is 0 Å². The Hall–Kier alpha value is -2.86. The highest BCUT2D eigenvalue weighted by molar-refractivity contribution is 5.30. The fourth-order valence-corrected chi connectivity index (χ4v) is 31.4. The van der Waals surface area contributed by atoms with Crippen LogP contribution in [0, 0.1) is 124 Å². The van der Waals surface area contributed by atoms with Gasteiger partial charge in [0.25, 0.3) is 0 Å². The summed E-state index contributed by atoms with van der Waals surface area (Å²) < 4.78 is 0. The van der Waals surface area contributed by atoms with Crippen LogP contribution in [0.25, 0.3) is 0 Å². The lowest BCUT2D eigenvalue weighted by Crippen LogP contribution is -2.28. The van der Waals surface area contributed by atoms with E-state index in [2.05, 4.69) is 115 Å². The Morgan fingerprint density at radius 1 is 0.167 bits per heavy atom. The summed E-state index contributed by atoms with van der Waals surface area (Å²) in [6, 6.07) is 8.80. The third kappa shape index (κ3) is 51.5. The Labute approximate surface area is 898 Å². The van der Waals surface area contributed by atoms with Crippen molar-refractivity contribution in [3.8, 4) is 0 Å². The fourth-order valence-electron chi connectivity index (χ4n) is 31.4. The normalized spacial score (nSPS) is 35.0. The second-order valence-electron chi connectivity index (χ2n) is 53.9. The fraction of sp³-hybridized carbons (Fsp3) is 0.847. The summed E-state index contributed by atoms with van der Waals surface area (Å²) in [6.07, 6.45) is 185. The van der Waals surface area contributed by atoms with Crippen molar-refractivity contribution in [3.63, 3.8) is 0 Å². The number of fused-ring (bicyclic) bond motifs is 17. The largest absolute Gasteiger partial charge is 0.0885 e. The molecule has 11 atom stereocenters. The lowest BCUT2D eigenvalue weighted by molar-refractivity contribution is 0.116. The molecule has 144 heavy (non-hydrogen) atoms. The second-order valence-corrected chi connectivity index (χ2v) is 53.9. The Morgan fingerprint density at radius 2 is 0.465 bits per heavy atom. The van der Waals surface area contributed by atoms with Gasteiger partial charge in [-0.3, -0.25) is 0 Å². The first-order valence-electron chi connectivity index (χ1n) is 67.9. The minimum atomic E-state index is 0.856. The average Bonchev–Trinajstić information content (AvgIpc) is 1.64. The predicted molar refractivity (Wildman–Crippen MR) is 636 cm³/mol. The average molecular weight is 1970 g/mol. The summed E-state index contributed by atoms with van der Waals surface area (Å²) in [4.78, 5) is 0. The van der Waals surface area contributed by atoms with Crippen LogP contribution < -0.4 is 0 Å². The monoisotopic (exact) mass is 1970 g/mol. The van der Waals surface area contributed by atoms with Gasteiger partial charge in [-0.15, -0.1) is 0 Å². The third-order valence-corrected chi connectivity index (χ3v) is 42.1. The van der Waals surface area contributed by atoms with Crippen molar-refractivity contribution in [1.82, 2.24) is 0 Å². The maximum Gasteiger partial charge on any atom is -0.00169 e. The van der Waals surface area contributed by atoms with Gasteiger partial charge in [0, 0.05) is 0 Å². The lowest BCUT2D eigenvalue weighted by Gasteiger charge is -2.40.